The average molecular weight is 327 g/mol. The van der Waals surface area contributed by atoms with Crippen molar-refractivity contribution >= 4 is 27.7 Å². The lowest BCUT2D eigenvalue weighted by Gasteiger charge is -2.30. The third-order valence-corrected chi connectivity index (χ3v) is 4.44. The number of carbonyl (C=O) groups is 2. The Hall–Kier alpha value is -2.29. The van der Waals surface area contributed by atoms with Gasteiger partial charge in [0.1, 0.15) is 18.4 Å². The van der Waals surface area contributed by atoms with Crippen molar-refractivity contribution in [1.29, 1.82) is 0 Å². The highest BCUT2D eigenvalue weighted by Gasteiger charge is 2.31. The standard InChI is InChI=1S/C13H17N3O5S/c1-9(14-10(2)17)13(18)15-22(19,20)16-7-8-21-12-6-4-3-5-11(12)16/h3-6,9H,7-8H2,1-2H3,(H,14,17)(H,15,18)/t9-/m1/s1. The van der Waals surface area contributed by atoms with Crippen LogP contribution in [0.25, 0.3) is 0 Å². The van der Waals surface area contributed by atoms with Gasteiger partial charge in [-0.2, -0.15) is 8.42 Å². The summed E-state index contributed by atoms with van der Waals surface area (Å²) in [4.78, 5) is 22.8. The van der Waals surface area contributed by atoms with Gasteiger partial charge >= 0.3 is 10.2 Å². The molecule has 8 nitrogen and oxygen atoms in total. The molecule has 1 atom stereocenters. The number of rotatable bonds is 4. The van der Waals surface area contributed by atoms with E-state index >= 15 is 0 Å². The maximum atomic E-state index is 12.4. The minimum Gasteiger partial charge on any atom is -0.489 e. The van der Waals surface area contributed by atoms with Crippen LogP contribution in [0.1, 0.15) is 13.8 Å². The molecule has 0 aromatic heterocycles. The third kappa shape index (κ3) is 3.48. The fourth-order valence-electron chi connectivity index (χ4n) is 2.03. The minimum absolute atomic E-state index is 0.0914. The highest BCUT2D eigenvalue weighted by Crippen LogP contribution is 2.32. The number of nitrogens with zero attached hydrogens (tertiary/aromatic N) is 1. The summed E-state index contributed by atoms with van der Waals surface area (Å²) in [5, 5.41) is 2.33. The summed E-state index contributed by atoms with van der Waals surface area (Å²) in [6, 6.07) is 5.70. The number of hydrogen-bond donors (Lipinski definition) is 2. The number of carbonyl (C=O) groups excluding carboxylic acids is 2. The van der Waals surface area contributed by atoms with Gasteiger partial charge in [-0.25, -0.2) is 9.03 Å². The van der Waals surface area contributed by atoms with Crippen molar-refractivity contribution in [2.45, 2.75) is 19.9 Å². The van der Waals surface area contributed by atoms with Gasteiger partial charge in [-0.15, -0.1) is 0 Å². The average Bonchev–Trinajstić information content (AvgIpc) is 2.45. The zero-order valence-electron chi connectivity index (χ0n) is 12.2. The second-order valence-corrected chi connectivity index (χ2v) is 6.38. The summed E-state index contributed by atoms with van der Waals surface area (Å²) in [7, 11) is -4.07. The predicted octanol–water partition coefficient (Wildman–Crippen LogP) is -0.229. The van der Waals surface area contributed by atoms with E-state index in [0.29, 0.717) is 11.4 Å². The predicted molar refractivity (Wildman–Crippen MR) is 79.6 cm³/mol. The Morgan fingerprint density at radius 2 is 2.00 bits per heavy atom. The smallest absolute Gasteiger partial charge is 0.326 e. The van der Waals surface area contributed by atoms with Crippen molar-refractivity contribution in [3.8, 4) is 5.75 Å². The van der Waals surface area contributed by atoms with E-state index in [1.807, 2.05) is 4.72 Å². The van der Waals surface area contributed by atoms with E-state index in [4.69, 9.17) is 4.74 Å². The molecule has 0 bridgehead atoms. The van der Waals surface area contributed by atoms with Crippen LogP contribution in [0.2, 0.25) is 0 Å². The molecule has 0 unspecified atom stereocenters. The number of anilines is 1. The fourth-order valence-corrected chi connectivity index (χ4v) is 3.30. The largest absolute Gasteiger partial charge is 0.489 e. The number of ether oxygens (including phenoxy) is 1. The molecule has 0 saturated heterocycles. The van der Waals surface area contributed by atoms with E-state index in [9.17, 15) is 18.0 Å². The normalized spacial score (nSPS) is 15.3. The van der Waals surface area contributed by atoms with Gasteiger partial charge in [0, 0.05) is 6.92 Å². The number of benzene rings is 1. The fraction of sp³-hybridized carbons (Fsp3) is 0.385. The Labute approximate surface area is 128 Å². The summed E-state index contributed by atoms with van der Waals surface area (Å²) >= 11 is 0. The molecule has 120 valence electrons. The molecular formula is C13H17N3O5S. The van der Waals surface area contributed by atoms with Gasteiger partial charge in [0.25, 0.3) is 5.91 Å². The van der Waals surface area contributed by atoms with Crippen LogP contribution in [0.15, 0.2) is 24.3 Å². The van der Waals surface area contributed by atoms with Crippen molar-refractivity contribution in [3.05, 3.63) is 24.3 Å². The van der Waals surface area contributed by atoms with Gasteiger partial charge in [0.05, 0.1) is 12.2 Å². The van der Waals surface area contributed by atoms with E-state index in [0.717, 1.165) is 4.31 Å². The first kappa shape index (κ1) is 16.1. The Kier molecular flexibility index (Phi) is 4.55. The van der Waals surface area contributed by atoms with Crippen molar-refractivity contribution < 1.29 is 22.7 Å². The molecule has 9 heteroatoms. The lowest BCUT2D eigenvalue weighted by molar-refractivity contribution is -0.126. The van der Waals surface area contributed by atoms with Gasteiger partial charge in [-0.3, -0.25) is 9.59 Å². The molecule has 0 radical (unpaired) electrons. The molecule has 22 heavy (non-hydrogen) atoms. The molecule has 2 N–H and O–H groups in total. The van der Waals surface area contributed by atoms with Crippen LogP contribution < -0.4 is 19.1 Å². The first-order valence-electron chi connectivity index (χ1n) is 6.64. The number of nitrogens with one attached hydrogen (secondary N) is 2. The van der Waals surface area contributed by atoms with E-state index in [-0.39, 0.29) is 13.2 Å². The molecular weight excluding hydrogens is 310 g/mol. The molecule has 1 heterocycles. The topological polar surface area (TPSA) is 105 Å². The summed E-state index contributed by atoms with van der Waals surface area (Å²) < 4.78 is 33.2. The molecule has 0 spiro atoms. The maximum absolute atomic E-state index is 12.4. The molecule has 1 aliphatic rings. The van der Waals surface area contributed by atoms with Crippen LogP contribution in [0.4, 0.5) is 5.69 Å². The number of hydrogen-bond acceptors (Lipinski definition) is 5. The van der Waals surface area contributed by atoms with Gasteiger partial charge in [0.2, 0.25) is 5.91 Å². The highest BCUT2D eigenvalue weighted by molar-refractivity contribution is 7.91. The molecule has 2 rings (SSSR count). The lowest BCUT2D eigenvalue weighted by atomic mass is 10.2. The molecule has 0 aliphatic carbocycles. The Morgan fingerprint density at radius 1 is 1.32 bits per heavy atom. The van der Waals surface area contributed by atoms with Gasteiger partial charge in [-0.05, 0) is 19.1 Å². The van der Waals surface area contributed by atoms with Crippen LogP contribution in [-0.4, -0.2) is 39.4 Å². The molecule has 1 aromatic rings. The second-order valence-electron chi connectivity index (χ2n) is 4.78. The maximum Gasteiger partial charge on any atom is 0.326 e. The molecule has 1 aliphatic heterocycles. The zero-order valence-corrected chi connectivity index (χ0v) is 13.0. The number of amides is 2. The van der Waals surface area contributed by atoms with E-state index in [1.165, 1.54) is 13.8 Å². The SMILES string of the molecule is CC(=O)N[C@H](C)C(=O)NS(=O)(=O)N1CCOc2ccccc21. The third-order valence-electron chi connectivity index (χ3n) is 3.02. The molecule has 0 fully saturated rings. The van der Waals surface area contributed by atoms with Crippen LogP contribution in [0, 0.1) is 0 Å². The van der Waals surface area contributed by atoms with Crippen LogP contribution >= 0.6 is 0 Å². The quantitative estimate of drug-likeness (QED) is 0.795. The minimum atomic E-state index is -4.07. The van der Waals surface area contributed by atoms with E-state index in [1.54, 1.807) is 24.3 Å². The number of fused-ring (bicyclic) bond motifs is 1. The summed E-state index contributed by atoms with van der Waals surface area (Å²) in [5.41, 5.74) is 0.362. The summed E-state index contributed by atoms with van der Waals surface area (Å²) in [5.74, 6) is -0.794. The first-order valence-corrected chi connectivity index (χ1v) is 8.08. The Balaban J connectivity index is 2.18. The second kappa shape index (κ2) is 6.22. The molecule has 2 amide bonds. The van der Waals surface area contributed by atoms with Crippen LogP contribution in [0.3, 0.4) is 0 Å². The zero-order chi connectivity index (χ0) is 16.3. The Bertz CT molecular complexity index is 689. The monoisotopic (exact) mass is 327 g/mol. The van der Waals surface area contributed by atoms with Crippen molar-refractivity contribution in [3.63, 3.8) is 0 Å². The van der Waals surface area contributed by atoms with E-state index in [2.05, 4.69) is 5.32 Å². The van der Waals surface area contributed by atoms with Gasteiger partial charge in [-0.1, -0.05) is 12.1 Å². The van der Waals surface area contributed by atoms with Crippen molar-refractivity contribution in [2.75, 3.05) is 17.5 Å². The van der Waals surface area contributed by atoms with Gasteiger partial charge < -0.3 is 10.1 Å². The Morgan fingerprint density at radius 3 is 2.68 bits per heavy atom. The first-order chi connectivity index (χ1) is 10.3. The summed E-state index contributed by atoms with van der Waals surface area (Å²) in [6.45, 7) is 2.93. The molecule has 1 aromatic carbocycles. The number of para-hydroxylation sites is 2. The van der Waals surface area contributed by atoms with E-state index < -0.39 is 28.1 Å². The van der Waals surface area contributed by atoms with Crippen LogP contribution in [-0.2, 0) is 19.8 Å². The van der Waals surface area contributed by atoms with Gasteiger partial charge in [0.15, 0.2) is 0 Å². The highest BCUT2D eigenvalue weighted by atomic mass is 32.2. The molecule has 0 saturated carbocycles. The summed E-state index contributed by atoms with van der Waals surface area (Å²) in [6.07, 6.45) is 0. The van der Waals surface area contributed by atoms with Crippen molar-refractivity contribution in [1.82, 2.24) is 10.0 Å². The lowest BCUT2D eigenvalue weighted by Crippen LogP contribution is -2.52. The van der Waals surface area contributed by atoms with Crippen LogP contribution in [0.5, 0.6) is 5.75 Å². The van der Waals surface area contributed by atoms with Crippen molar-refractivity contribution in [2.24, 2.45) is 0 Å².